The van der Waals surface area contributed by atoms with Crippen LogP contribution in [0.1, 0.15) is 35.5 Å². The van der Waals surface area contributed by atoms with Gasteiger partial charge in [0.1, 0.15) is 17.0 Å². The summed E-state index contributed by atoms with van der Waals surface area (Å²) in [7, 11) is 1.95. The Morgan fingerprint density at radius 2 is 2.16 bits per heavy atom. The van der Waals surface area contributed by atoms with Gasteiger partial charge in [-0.25, -0.2) is 4.39 Å². The number of thioether (sulfide) groups is 2. The molecule has 2 aromatic rings. The molecule has 1 aromatic heterocycles. The Bertz CT molecular complexity index is 793. The molecule has 0 bridgehead atoms. The number of rotatable bonds is 5. The molecule has 5 nitrogen and oxygen atoms in total. The summed E-state index contributed by atoms with van der Waals surface area (Å²) in [6, 6.07) is 6.70. The van der Waals surface area contributed by atoms with Crippen molar-refractivity contribution in [1.82, 2.24) is 19.7 Å². The van der Waals surface area contributed by atoms with Crippen molar-refractivity contribution in [2.24, 2.45) is 7.05 Å². The van der Waals surface area contributed by atoms with Gasteiger partial charge in [0.25, 0.3) is 0 Å². The van der Waals surface area contributed by atoms with Gasteiger partial charge in [0.05, 0.1) is 5.75 Å². The quantitative estimate of drug-likeness (QED) is 0.748. The molecule has 132 valence electrons. The molecule has 0 spiro atoms. The van der Waals surface area contributed by atoms with E-state index in [1.807, 2.05) is 17.7 Å². The van der Waals surface area contributed by atoms with E-state index in [4.69, 9.17) is 0 Å². The molecule has 0 unspecified atom stereocenters. The molecule has 1 saturated carbocycles. The van der Waals surface area contributed by atoms with Crippen molar-refractivity contribution in [3.8, 4) is 0 Å². The topological polar surface area (TPSA) is 51.0 Å². The molecular formula is C17H19FN4OS2. The third-order valence-corrected chi connectivity index (χ3v) is 6.77. The zero-order chi connectivity index (χ0) is 17.4. The fourth-order valence-corrected chi connectivity index (χ4v) is 5.12. The third-order valence-electron chi connectivity index (χ3n) is 4.52. The lowest BCUT2D eigenvalue weighted by atomic mass is 10.2. The van der Waals surface area contributed by atoms with E-state index in [1.54, 1.807) is 28.8 Å². The second-order valence-corrected chi connectivity index (χ2v) is 8.43. The molecule has 0 radical (unpaired) electrons. The van der Waals surface area contributed by atoms with Crippen LogP contribution in [0.15, 0.2) is 29.4 Å². The minimum atomic E-state index is -0.255. The summed E-state index contributed by atoms with van der Waals surface area (Å²) in [6.45, 7) is 0.648. The van der Waals surface area contributed by atoms with Crippen molar-refractivity contribution in [2.45, 2.75) is 29.3 Å². The van der Waals surface area contributed by atoms with Crippen LogP contribution in [-0.2, 0) is 11.8 Å². The maximum Gasteiger partial charge on any atom is 0.234 e. The monoisotopic (exact) mass is 378 g/mol. The van der Waals surface area contributed by atoms with E-state index in [-0.39, 0.29) is 17.1 Å². The van der Waals surface area contributed by atoms with Crippen molar-refractivity contribution in [2.75, 3.05) is 18.1 Å². The average Bonchev–Trinajstić information content (AvgIpc) is 3.21. The number of benzene rings is 1. The molecule has 1 aliphatic heterocycles. The van der Waals surface area contributed by atoms with Gasteiger partial charge in [-0.15, -0.1) is 22.0 Å². The van der Waals surface area contributed by atoms with Crippen LogP contribution in [-0.4, -0.2) is 43.6 Å². The molecule has 1 amide bonds. The fraction of sp³-hybridized carbons (Fsp3) is 0.471. The van der Waals surface area contributed by atoms with E-state index in [0.29, 0.717) is 23.8 Å². The van der Waals surface area contributed by atoms with Gasteiger partial charge in [0.15, 0.2) is 5.16 Å². The maximum atomic E-state index is 14.1. The Balaban J connectivity index is 1.43. The second kappa shape index (κ2) is 6.99. The van der Waals surface area contributed by atoms with Crippen molar-refractivity contribution >= 4 is 29.4 Å². The molecule has 8 heteroatoms. The van der Waals surface area contributed by atoms with Crippen LogP contribution < -0.4 is 0 Å². The van der Waals surface area contributed by atoms with Crippen LogP contribution in [0.2, 0.25) is 0 Å². The highest BCUT2D eigenvalue weighted by Crippen LogP contribution is 2.41. The van der Waals surface area contributed by atoms with Crippen molar-refractivity contribution in [3.63, 3.8) is 0 Å². The van der Waals surface area contributed by atoms with Crippen molar-refractivity contribution in [1.29, 1.82) is 0 Å². The summed E-state index contributed by atoms with van der Waals surface area (Å²) in [5, 5.41) is 8.98. The maximum absolute atomic E-state index is 14.1. The number of nitrogens with zero attached hydrogens (tertiary/aromatic N) is 4. The number of hydrogen-bond donors (Lipinski definition) is 0. The Morgan fingerprint density at radius 1 is 1.36 bits per heavy atom. The fourth-order valence-electron chi connectivity index (χ4n) is 3.02. The van der Waals surface area contributed by atoms with Crippen molar-refractivity contribution < 1.29 is 9.18 Å². The van der Waals surface area contributed by atoms with Crippen LogP contribution in [0.3, 0.4) is 0 Å². The van der Waals surface area contributed by atoms with Gasteiger partial charge in [-0.3, -0.25) is 4.79 Å². The summed E-state index contributed by atoms with van der Waals surface area (Å²) in [5.41, 5.74) is 0.582. The van der Waals surface area contributed by atoms with Gasteiger partial charge in [0.2, 0.25) is 5.91 Å². The summed E-state index contributed by atoms with van der Waals surface area (Å²) < 4.78 is 16.1. The van der Waals surface area contributed by atoms with Gasteiger partial charge < -0.3 is 9.47 Å². The molecule has 1 saturated heterocycles. The highest BCUT2D eigenvalue weighted by molar-refractivity contribution is 8.00. The predicted molar refractivity (Wildman–Crippen MR) is 97.0 cm³/mol. The summed E-state index contributed by atoms with van der Waals surface area (Å²) in [5.74, 6) is 2.42. The Kier molecular flexibility index (Phi) is 4.73. The van der Waals surface area contributed by atoms with Crippen LogP contribution >= 0.6 is 23.5 Å². The first-order chi connectivity index (χ1) is 12.1. The van der Waals surface area contributed by atoms with Gasteiger partial charge in [-0.05, 0) is 18.9 Å². The number of amides is 1. The van der Waals surface area contributed by atoms with Crippen LogP contribution in [0.4, 0.5) is 4.39 Å². The highest BCUT2D eigenvalue weighted by atomic mass is 32.2. The van der Waals surface area contributed by atoms with E-state index < -0.39 is 0 Å². The minimum absolute atomic E-state index is 0.0132. The van der Waals surface area contributed by atoms with E-state index >= 15 is 0 Å². The van der Waals surface area contributed by atoms with E-state index in [2.05, 4.69) is 10.2 Å². The first-order valence-electron chi connectivity index (χ1n) is 8.32. The third kappa shape index (κ3) is 3.42. The van der Waals surface area contributed by atoms with E-state index in [9.17, 15) is 9.18 Å². The van der Waals surface area contributed by atoms with Gasteiger partial charge in [0, 0.05) is 30.8 Å². The molecule has 1 atom stereocenters. The number of carbonyl (C=O) groups excluding carboxylic acids is 1. The molecule has 25 heavy (non-hydrogen) atoms. The standard InChI is InChI=1S/C17H19FN4OS2/c1-21-15(11-6-7-11)19-20-17(21)25-10-14(23)22-8-9-24-16(22)12-4-2-3-5-13(12)18/h2-5,11,16H,6-10H2,1H3/t16-/m1/s1. The Hall–Kier alpha value is -1.54. The first-order valence-corrected chi connectivity index (χ1v) is 10.4. The van der Waals surface area contributed by atoms with Crippen LogP contribution in [0.25, 0.3) is 0 Å². The molecule has 2 heterocycles. The molecule has 2 aliphatic rings. The summed E-state index contributed by atoms with van der Waals surface area (Å²) >= 11 is 3.01. The van der Waals surface area contributed by atoms with Gasteiger partial charge in [-0.2, -0.15) is 0 Å². The average molecular weight is 378 g/mol. The minimum Gasteiger partial charge on any atom is -0.325 e. The normalized spacial score (nSPS) is 20.2. The molecule has 4 rings (SSSR count). The molecule has 1 aromatic carbocycles. The zero-order valence-corrected chi connectivity index (χ0v) is 15.5. The van der Waals surface area contributed by atoms with E-state index in [1.165, 1.54) is 30.7 Å². The zero-order valence-electron chi connectivity index (χ0n) is 13.9. The van der Waals surface area contributed by atoms with Gasteiger partial charge >= 0.3 is 0 Å². The molecule has 1 aliphatic carbocycles. The number of hydrogen-bond acceptors (Lipinski definition) is 5. The van der Waals surface area contributed by atoms with Crippen LogP contribution in [0.5, 0.6) is 0 Å². The number of aromatic nitrogens is 3. The summed E-state index contributed by atoms with van der Waals surface area (Å²) in [4.78, 5) is 14.5. The molecular weight excluding hydrogens is 359 g/mol. The van der Waals surface area contributed by atoms with E-state index in [0.717, 1.165) is 16.7 Å². The lowest BCUT2D eigenvalue weighted by Gasteiger charge is -2.24. The Labute approximate surface area is 154 Å². The van der Waals surface area contributed by atoms with Crippen molar-refractivity contribution in [3.05, 3.63) is 41.5 Å². The summed E-state index contributed by atoms with van der Waals surface area (Å²) in [6.07, 6.45) is 2.34. The molecule has 2 fully saturated rings. The highest BCUT2D eigenvalue weighted by Gasteiger charge is 2.33. The predicted octanol–water partition coefficient (Wildman–Crippen LogP) is 3.20. The Morgan fingerprint density at radius 3 is 2.92 bits per heavy atom. The number of carbonyl (C=O) groups is 1. The SMILES string of the molecule is Cn1c(SCC(=O)N2CCS[C@@H]2c2ccccc2F)nnc1C1CC1. The lowest BCUT2D eigenvalue weighted by molar-refractivity contribution is -0.128. The largest absolute Gasteiger partial charge is 0.325 e. The second-order valence-electron chi connectivity index (χ2n) is 6.29. The first kappa shape index (κ1) is 16.9. The molecule has 0 N–H and O–H groups in total. The number of halogens is 1. The van der Waals surface area contributed by atoms with Crippen LogP contribution in [0, 0.1) is 5.82 Å². The van der Waals surface area contributed by atoms with Gasteiger partial charge in [-0.1, -0.05) is 30.0 Å². The lowest BCUT2D eigenvalue weighted by Crippen LogP contribution is -2.32. The smallest absolute Gasteiger partial charge is 0.234 e.